The van der Waals surface area contributed by atoms with E-state index in [1.807, 2.05) is 19.9 Å². The lowest BCUT2D eigenvalue weighted by atomic mass is 10.1. The van der Waals surface area contributed by atoms with Gasteiger partial charge in [0.25, 0.3) is 0 Å². The molecule has 1 aromatic rings. The number of rotatable bonds is 3. The van der Waals surface area contributed by atoms with Crippen LogP contribution in [0.1, 0.15) is 19.4 Å². The maximum absolute atomic E-state index is 8.54. The first-order valence-electron chi connectivity index (χ1n) is 4.29. The van der Waals surface area contributed by atoms with Gasteiger partial charge >= 0.3 is 0 Å². The van der Waals surface area contributed by atoms with E-state index in [4.69, 9.17) is 15.7 Å². The van der Waals surface area contributed by atoms with Gasteiger partial charge in [0.15, 0.2) is 0 Å². The minimum atomic E-state index is -0.379. The molecule has 0 aliphatic carbocycles. The predicted molar refractivity (Wildman–Crippen MR) is 52.7 cm³/mol. The highest BCUT2D eigenvalue weighted by molar-refractivity contribution is 5.28. The molecule has 1 heterocycles. The van der Waals surface area contributed by atoms with E-state index in [1.54, 1.807) is 12.1 Å². The van der Waals surface area contributed by atoms with E-state index >= 15 is 0 Å². The summed E-state index contributed by atoms with van der Waals surface area (Å²) >= 11 is 0. The number of nitrogens with two attached hydrogens (primary N) is 1. The summed E-state index contributed by atoms with van der Waals surface area (Å²) in [6.07, 6.45) is 1.47. The van der Waals surface area contributed by atoms with Gasteiger partial charge in [-0.15, -0.1) is 0 Å². The van der Waals surface area contributed by atoms with Crippen LogP contribution in [0.25, 0.3) is 0 Å². The van der Waals surface area contributed by atoms with Gasteiger partial charge in [-0.3, -0.25) is 0 Å². The molecule has 4 nitrogen and oxygen atoms in total. The molecule has 0 aliphatic rings. The van der Waals surface area contributed by atoms with E-state index in [0.29, 0.717) is 18.1 Å². The van der Waals surface area contributed by atoms with Crippen molar-refractivity contribution in [1.82, 2.24) is 4.98 Å². The van der Waals surface area contributed by atoms with E-state index in [9.17, 15) is 0 Å². The fraction of sp³-hybridized carbons (Fsp3) is 0.400. The SMILES string of the molecule is CC(C)(N)COc1ccc(C#N)cn1. The van der Waals surface area contributed by atoms with Gasteiger partial charge in [0.05, 0.1) is 5.56 Å². The normalized spacial score (nSPS) is 10.7. The lowest BCUT2D eigenvalue weighted by molar-refractivity contribution is 0.235. The molecule has 2 N–H and O–H groups in total. The number of pyridine rings is 1. The summed E-state index contributed by atoms with van der Waals surface area (Å²) in [7, 11) is 0. The van der Waals surface area contributed by atoms with Crippen LogP contribution in [0.4, 0.5) is 0 Å². The highest BCUT2D eigenvalue weighted by atomic mass is 16.5. The molecule has 0 unspecified atom stereocenters. The number of nitriles is 1. The summed E-state index contributed by atoms with van der Waals surface area (Å²) in [6.45, 7) is 4.14. The maximum Gasteiger partial charge on any atom is 0.213 e. The third-order valence-corrected chi connectivity index (χ3v) is 1.46. The van der Waals surface area contributed by atoms with Gasteiger partial charge in [0, 0.05) is 17.8 Å². The molecular weight excluding hydrogens is 178 g/mol. The van der Waals surface area contributed by atoms with Crippen LogP contribution in [0.2, 0.25) is 0 Å². The summed E-state index contributed by atoms with van der Waals surface area (Å²) in [5.74, 6) is 0.488. The van der Waals surface area contributed by atoms with Crippen LogP contribution >= 0.6 is 0 Å². The van der Waals surface area contributed by atoms with Crippen molar-refractivity contribution in [3.05, 3.63) is 23.9 Å². The average molecular weight is 191 g/mol. The van der Waals surface area contributed by atoms with Gasteiger partial charge in [-0.1, -0.05) is 0 Å². The van der Waals surface area contributed by atoms with Crippen LogP contribution in [-0.2, 0) is 0 Å². The molecule has 0 aromatic carbocycles. The Hall–Kier alpha value is -1.60. The lowest BCUT2D eigenvalue weighted by Crippen LogP contribution is -2.38. The molecule has 0 saturated carbocycles. The van der Waals surface area contributed by atoms with Crippen molar-refractivity contribution in [3.63, 3.8) is 0 Å². The van der Waals surface area contributed by atoms with Crippen molar-refractivity contribution in [1.29, 1.82) is 5.26 Å². The Balaban J connectivity index is 2.58. The number of hydrogen-bond donors (Lipinski definition) is 1. The summed E-state index contributed by atoms with van der Waals surface area (Å²) in [6, 6.07) is 5.30. The van der Waals surface area contributed by atoms with E-state index < -0.39 is 0 Å². The van der Waals surface area contributed by atoms with Gasteiger partial charge in [-0.25, -0.2) is 4.98 Å². The predicted octanol–water partition coefficient (Wildman–Crippen LogP) is 1.07. The molecular formula is C10H13N3O. The molecule has 14 heavy (non-hydrogen) atoms. The summed E-state index contributed by atoms with van der Waals surface area (Å²) < 4.78 is 5.32. The van der Waals surface area contributed by atoms with Crippen LogP contribution in [0, 0.1) is 11.3 Å². The highest BCUT2D eigenvalue weighted by Crippen LogP contribution is 2.08. The fourth-order valence-corrected chi connectivity index (χ4v) is 0.792. The maximum atomic E-state index is 8.54. The zero-order chi connectivity index (χ0) is 10.6. The second-order valence-electron chi connectivity index (χ2n) is 3.77. The van der Waals surface area contributed by atoms with Crippen LogP contribution < -0.4 is 10.5 Å². The lowest BCUT2D eigenvalue weighted by Gasteiger charge is -2.18. The average Bonchev–Trinajstić information content (AvgIpc) is 2.14. The Labute approximate surface area is 83.3 Å². The van der Waals surface area contributed by atoms with Crippen LogP contribution in [0.5, 0.6) is 5.88 Å². The van der Waals surface area contributed by atoms with Gasteiger partial charge in [-0.05, 0) is 19.9 Å². The third kappa shape index (κ3) is 3.42. The quantitative estimate of drug-likeness (QED) is 0.775. The van der Waals surface area contributed by atoms with Crippen molar-refractivity contribution in [3.8, 4) is 11.9 Å². The number of ether oxygens (including phenoxy) is 1. The fourth-order valence-electron chi connectivity index (χ4n) is 0.792. The molecule has 0 fully saturated rings. The number of nitrogens with zero attached hydrogens (tertiary/aromatic N) is 2. The van der Waals surface area contributed by atoms with Crippen LogP contribution in [0.3, 0.4) is 0 Å². The first-order chi connectivity index (χ1) is 6.51. The Morgan fingerprint density at radius 1 is 1.57 bits per heavy atom. The Morgan fingerprint density at radius 3 is 2.71 bits per heavy atom. The number of aromatic nitrogens is 1. The standard InChI is InChI=1S/C10H13N3O/c1-10(2,12)7-14-9-4-3-8(5-11)6-13-9/h3-4,6H,7,12H2,1-2H3. The van der Waals surface area contributed by atoms with E-state index in [2.05, 4.69) is 4.98 Å². The Morgan fingerprint density at radius 2 is 2.29 bits per heavy atom. The van der Waals surface area contributed by atoms with Crippen molar-refractivity contribution in [2.24, 2.45) is 5.73 Å². The largest absolute Gasteiger partial charge is 0.476 e. The minimum Gasteiger partial charge on any atom is -0.476 e. The van der Waals surface area contributed by atoms with Gasteiger partial charge in [0.2, 0.25) is 5.88 Å². The molecule has 0 bridgehead atoms. The summed E-state index contributed by atoms with van der Waals surface area (Å²) in [4.78, 5) is 3.95. The molecule has 0 atom stereocenters. The second-order valence-corrected chi connectivity index (χ2v) is 3.77. The summed E-state index contributed by atoms with van der Waals surface area (Å²) in [5, 5.41) is 8.54. The highest BCUT2D eigenvalue weighted by Gasteiger charge is 2.11. The van der Waals surface area contributed by atoms with E-state index in [0.717, 1.165) is 0 Å². The third-order valence-electron chi connectivity index (χ3n) is 1.46. The zero-order valence-electron chi connectivity index (χ0n) is 8.32. The molecule has 1 rings (SSSR count). The Kier molecular flexibility index (Phi) is 3.05. The van der Waals surface area contributed by atoms with Gasteiger partial charge < -0.3 is 10.5 Å². The second kappa shape index (κ2) is 4.07. The zero-order valence-corrected chi connectivity index (χ0v) is 8.32. The molecule has 1 aromatic heterocycles. The smallest absolute Gasteiger partial charge is 0.213 e. The molecule has 0 amide bonds. The molecule has 4 heteroatoms. The van der Waals surface area contributed by atoms with E-state index in [1.165, 1.54) is 6.20 Å². The monoisotopic (exact) mass is 191 g/mol. The molecule has 0 radical (unpaired) electrons. The molecule has 0 aliphatic heterocycles. The first-order valence-corrected chi connectivity index (χ1v) is 4.29. The molecule has 0 saturated heterocycles. The summed E-state index contributed by atoms with van der Waals surface area (Å²) in [5.41, 5.74) is 5.87. The topological polar surface area (TPSA) is 71.9 Å². The first kappa shape index (κ1) is 10.5. The van der Waals surface area contributed by atoms with Crippen molar-refractivity contribution in [2.45, 2.75) is 19.4 Å². The van der Waals surface area contributed by atoms with Crippen molar-refractivity contribution < 1.29 is 4.74 Å². The van der Waals surface area contributed by atoms with Crippen molar-refractivity contribution >= 4 is 0 Å². The molecule has 0 spiro atoms. The van der Waals surface area contributed by atoms with Crippen LogP contribution in [0.15, 0.2) is 18.3 Å². The minimum absolute atomic E-state index is 0.379. The number of hydrogen-bond acceptors (Lipinski definition) is 4. The molecule has 74 valence electrons. The van der Waals surface area contributed by atoms with Gasteiger partial charge in [0.1, 0.15) is 12.7 Å². The van der Waals surface area contributed by atoms with Crippen LogP contribution in [-0.4, -0.2) is 17.1 Å². The van der Waals surface area contributed by atoms with Crippen molar-refractivity contribution in [2.75, 3.05) is 6.61 Å². The van der Waals surface area contributed by atoms with Gasteiger partial charge in [-0.2, -0.15) is 5.26 Å². The Bertz CT molecular complexity index is 332. The van der Waals surface area contributed by atoms with E-state index in [-0.39, 0.29) is 5.54 Å².